The number of hydrogen-bond acceptors (Lipinski definition) is 7. The molecule has 0 unspecified atom stereocenters. The Hall–Kier alpha value is -1.51. The summed E-state index contributed by atoms with van der Waals surface area (Å²) in [5.41, 5.74) is 2.23. The highest BCUT2D eigenvalue weighted by Crippen LogP contribution is 2.30. The Labute approximate surface area is 152 Å². The number of unbranched alkanes of at least 4 members (excludes halogenated alkanes) is 1. The number of thioether (sulfide) groups is 1. The molecule has 0 spiro atoms. The van der Waals surface area contributed by atoms with Crippen LogP contribution in [0.15, 0.2) is 23.7 Å². The summed E-state index contributed by atoms with van der Waals surface area (Å²) in [6.07, 6.45) is 9.42. The third kappa shape index (κ3) is 3.86. The Bertz CT molecular complexity index is 691. The minimum absolute atomic E-state index is 0.249. The molecule has 8 heteroatoms. The average molecular weight is 360 g/mol. The molecule has 0 radical (unpaired) electrons. The van der Waals surface area contributed by atoms with Gasteiger partial charge in [-0.3, -0.25) is 4.90 Å². The molecule has 0 aliphatic carbocycles. The smallest absolute Gasteiger partial charge is 0.187 e. The molecule has 134 valence electrons. The summed E-state index contributed by atoms with van der Waals surface area (Å²) in [4.78, 5) is 11.4. The van der Waals surface area contributed by atoms with Gasteiger partial charge in [-0.1, -0.05) is 30.3 Å². The Kier molecular flexibility index (Phi) is 5.28. The predicted octanol–water partition coefficient (Wildman–Crippen LogP) is 2.31. The van der Waals surface area contributed by atoms with Gasteiger partial charge in [0.2, 0.25) is 0 Å². The van der Waals surface area contributed by atoms with Crippen LogP contribution < -0.4 is 0 Å². The van der Waals surface area contributed by atoms with Crippen molar-refractivity contribution in [2.45, 2.75) is 56.6 Å². The third-order valence-electron chi connectivity index (χ3n) is 4.83. The van der Waals surface area contributed by atoms with Gasteiger partial charge in [-0.25, -0.2) is 14.6 Å². The fourth-order valence-electron chi connectivity index (χ4n) is 3.45. The van der Waals surface area contributed by atoms with Gasteiger partial charge in [-0.15, -0.1) is 5.10 Å². The summed E-state index contributed by atoms with van der Waals surface area (Å²) in [5, 5.41) is 9.18. The Morgan fingerprint density at radius 2 is 2.16 bits per heavy atom. The molecule has 4 heterocycles. The molecule has 2 aromatic heterocycles. The van der Waals surface area contributed by atoms with Gasteiger partial charge in [-0.05, 0) is 12.8 Å². The van der Waals surface area contributed by atoms with E-state index in [1.807, 2.05) is 17.1 Å². The lowest BCUT2D eigenvalue weighted by Gasteiger charge is -2.40. The van der Waals surface area contributed by atoms with Crippen molar-refractivity contribution in [1.82, 2.24) is 29.9 Å². The number of aromatic nitrogens is 5. The van der Waals surface area contributed by atoms with Gasteiger partial charge in [-0.2, -0.15) is 0 Å². The zero-order chi connectivity index (χ0) is 17.1. The zero-order valence-electron chi connectivity index (χ0n) is 14.5. The van der Waals surface area contributed by atoms with Crippen molar-refractivity contribution in [3.8, 4) is 0 Å². The molecule has 0 amide bonds. The molecule has 2 aromatic rings. The van der Waals surface area contributed by atoms with Crippen LogP contribution in [0.2, 0.25) is 0 Å². The fourth-order valence-corrected chi connectivity index (χ4v) is 4.32. The molecular weight excluding hydrogens is 336 g/mol. The number of likely N-dealkylation sites (tertiary alicyclic amines) is 1. The Morgan fingerprint density at radius 3 is 3.00 bits per heavy atom. The summed E-state index contributed by atoms with van der Waals surface area (Å²) in [7, 11) is 0. The predicted molar refractivity (Wildman–Crippen MR) is 95.2 cm³/mol. The van der Waals surface area contributed by atoms with Gasteiger partial charge in [0.15, 0.2) is 5.16 Å². The number of nitrogens with zero attached hydrogens (tertiary/aromatic N) is 6. The van der Waals surface area contributed by atoms with Crippen LogP contribution in [0.25, 0.3) is 0 Å². The second-order valence-corrected chi connectivity index (χ2v) is 7.75. The first-order valence-electron chi connectivity index (χ1n) is 9.00. The quantitative estimate of drug-likeness (QED) is 0.445. The maximum Gasteiger partial charge on any atom is 0.187 e. The first-order chi connectivity index (χ1) is 12.3. The van der Waals surface area contributed by atoms with E-state index in [1.54, 1.807) is 18.0 Å². The van der Waals surface area contributed by atoms with Crippen LogP contribution in [0.5, 0.6) is 0 Å². The van der Waals surface area contributed by atoms with E-state index < -0.39 is 0 Å². The van der Waals surface area contributed by atoms with Crippen molar-refractivity contribution < 1.29 is 4.74 Å². The van der Waals surface area contributed by atoms with Gasteiger partial charge in [0.25, 0.3) is 0 Å². The van der Waals surface area contributed by atoms with Gasteiger partial charge in [0.1, 0.15) is 0 Å². The number of fused-ring (bicyclic) bond motifs is 3. The van der Waals surface area contributed by atoms with Crippen molar-refractivity contribution in [2.75, 3.05) is 18.8 Å². The lowest BCUT2D eigenvalue weighted by Crippen LogP contribution is -2.47. The summed E-state index contributed by atoms with van der Waals surface area (Å²) >= 11 is 1.74. The van der Waals surface area contributed by atoms with Crippen LogP contribution in [0, 0.1) is 0 Å². The highest BCUT2D eigenvalue weighted by atomic mass is 32.2. The van der Waals surface area contributed by atoms with E-state index in [0.29, 0.717) is 6.61 Å². The summed E-state index contributed by atoms with van der Waals surface area (Å²) in [6.45, 7) is 5.64. The van der Waals surface area contributed by atoms with Crippen molar-refractivity contribution in [1.29, 1.82) is 0 Å². The van der Waals surface area contributed by atoms with Crippen LogP contribution in [-0.4, -0.2) is 54.8 Å². The van der Waals surface area contributed by atoms with Crippen molar-refractivity contribution >= 4 is 11.8 Å². The Morgan fingerprint density at radius 1 is 1.28 bits per heavy atom. The van der Waals surface area contributed by atoms with Gasteiger partial charge in [0.05, 0.1) is 30.6 Å². The highest BCUT2D eigenvalue weighted by Gasteiger charge is 2.36. The molecule has 4 rings (SSSR count). The van der Waals surface area contributed by atoms with E-state index in [1.165, 1.54) is 12.8 Å². The van der Waals surface area contributed by atoms with E-state index in [9.17, 15) is 0 Å². The van der Waals surface area contributed by atoms with E-state index in [-0.39, 0.29) is 12.1 Å². The molecule has 1 fully saturated rings. The molecule has 0 bridgehead atoms. The SMILES string of the molecule is CCCCSc1ncc(CN2CC[C@H]3OCc4cnnn4[C@@H]3C2)cn1. The second kappa shape index (κ2) is 7.80. The van der Waals surface area contributed by atoms with E-state index in [0.717, 1.165) is 48.2 Å². The Balaban J connectivity index is 1.36. The summed E-state index contributed by atoms with van der Waals surface area (Å²) < 4.78 is 8.02. The van der Waals surface area contributed by atoms with Crippen LogP contribution in [0.4, 0.5) is 0 Å². The van der Waals surface area contributed by atoms with Gasteiger partial charge < -0.3 is 4.74 Å². The topological polar surface area (TPSA) is 69.0 Å². The molecule has 25 heavy (non-hydrogen) atoms. The van der Waals surface area contributed by atoms with E-state index >= 15 is 0 Å². The molecule has 2 aliphatic heterocycles. The molecule has 0 aromatic carbocycles. The average Bonchev–Trinajstić information content (AvgIpc) is 3.13. The lowest BCUT2D eigenvalue weighted by atomic mass is 10.00. The third-order valence-corrected chi connectivity index (χ3v) is 5.79. The summed E-state index contributed by atoms with van der Waals surface area (Å²) in [5.74, 6) is 1.09. The minimum Gasteiger partial charge on any atom is -0.370 e. The number of piperidine rings is 1. The van der Waals surface area contributed by atoms with Crippen molar-refractivity contribution in [2.24, 2.45) is 0 Å². The largest absolute Gasteiger partial charge is 0.370 e. The zero-order valence-corrected chi connectivity index (χ0v) is 15.4. The number of rotatable bonds is 6. The van der Waals surface area contributed by atoms with Crippen LogP contribution >= 0.6 is 11.8 Å². The number of ether oxygens (including phenoxy) is 1. The fraction of sp³-hybridized carbons (Fsp3) is 0.647. The molecule has 1 saturated heterocycles. The molecular formula is C17H24N6OS. The van der Waals surface area contributed by atoms with E-state index in [4.69, 9.17) is 4.74 Å². The lowest BCUT2D eigenvalue weighted by molar-refractivity contribution is -0.0670. The van der Waals surface area contributed by atoms with Gasteiger partial charge in [0, 0.05) is 43.3 Å². The molecule has 0 saturated carbocycles. The number of hydrogen-bond donors (Lipinski definition) is 0. The molecule has 0 N–H and O–H groups in total. The van der Waals surface area contributed by atoms with E-state index in [2.05, 4.69) is 32.1 Å². The van der Waals surface area contributed by atoms with Crippen LogP contribution in [0.1, 0.15) is 43.5 Å². The second-order valence-electron chi connectivity index (χ2n) is 6.69. The summed E-state index contributed by atoms with van der Waals surface area (Å²) in [6, 6.07) is 0.254. The first-order valence-corrected chi connectivity index (χ1v) is 9.99. The molecule has 7 nitrogen and oxygen atoms in total. The minimum atomic E-state index is 0.249. The van der Waals surface area contributed by atoms with Crippen molar-refractivity contribution in [3.63, 3.8) is 0 Å². The first kappa shape index (κ1) is 16.9. The maximum absolute atomic E-state index is 5.97. The van der Waals surface area contributed by atoms with Crippen molar-refractivity contribution in [3.05, 3.63) is 29.8 Å². The highest BCUT2D eigenvalue weighted by molar-refractivity contribution is 7.99. The molecule has 2 aliphatic rings. The van der Waals surface area contributed by atoms with Crippen LogP contribution in [-0.2, 0) is 17.9 Å². The normalized spacial score (nSPS) is 23.2. The maximum atomic E-state index is 5.97. The standard InChI is InChI=1S/C17H24N6OS/c1-2-3-6-25-17-18-7-13(8-19-17)10-22-5-4-16-15(11-22)23-14(12-24-16)9-20-21-23/h7-9,15-16H,2-6,10-12H2,1H3/t15-,16-/m1/s1. The monoisotopic (exact) mass is 360 g/mol. The molecule has 2 atom stereocenters. The van der Waals surface area contributed by atoms with Gasteiger partial charge >= 0.3 is 0 Å². The van der Waals surface area contributed by atoms with Crippen LogP contribution in [0.3, 0.4) is 0 Å².